The van der Waals surface area contributed by atoms with Crippen molar-refractivity contribution in [2.45, 2.75) is 33.9 Å². The van der Waals surface area contributed by atoms with E-state index in [1.165, 1.54) is 13.8 Å². The highest BCUT2D eigenvalue weighted by Crippen LogP contribution is 2.41. The number of aryl methyl sites for hydroxylation is 2. The van der Waals surface area contributed by atoms with Crippen LogP contribution in [0.15, 0.2) is 39.8 Å². The predicted octanol–water partition coefficient (Wildman–Crippen LogP) is 6.41. The van der Waals surface area contributed by atoms with Gasteiger partial charge in [-0.2, -0.15) is 13.2 Å². The van der Waals surface area contributed by atoms with Crippen molar-refractivity contribution in [3.63, 3.8) is 0 Å². The number of pyridine rings is 2. The molecular weight excluding hydrogens is 473 g/mol. The highest BCUT2D eigenvalue weighted by Gasteiger charge is 2.35. The third kappa shape index (κ3) is 4.41. The Hall–Kier alpha value is -4.02. The van der Waals surface area contributed by atoms with Crippen molar-refractivity contribution in [1.29, 1.82) is 0 Å². The fourth-order valence-corrected chi connectivity index (χ4v) is 3.72. The predicted molar refractivity (Wildman–Crippen MR) is 116 cm³/mol. The number of hydrogen-bond acceptors (Lipinski definition) is 5. The second kappa shape index (κ2) is 8.64. The van der Waals surface area contributed by atoms with Crippen LogP contribution in [0.2, 0.25) is 0 Å². The molecule has 4 rings (SSSR count). The van der Waals surface area contributed by atoms with Gasteiger partial charge < -0.3 is 14.2 Å². The van der Waals surface area contributed by atoms with Crippen molar-refractivity contribution in [3.05, 3.63) is 80.4 Å². The highest BCUT2D eigenvalue weighted by atomic mass is 19.4. The average Bonchev–Trinajstić information content (AvgIpc) is 3.18. The van der Waals surface area contributed by atoms with Gasteiger partial charge in [-0.3, -0.25) is 4.79 Å². The van der Waals surface area contributed by atoms with E-state index in [4.69, 9.17) is 9.26 Å². The molecule has 35 heavy (non-hydrogen) atoms. The summed E-state index contributed by atoms with van der Waals surface area (Å²) in [6.45, 7) is 5.68. The van der Waals surface area contributed by atoms with Gasteiger partial charge in [0.25, 0.3) is 0 Å². The van der Waals surface area contributed by atoms with Gasteiger partial charge in [0.05, 0.1) is 28.1 Å². The molecule has 0 atom stereocenters. The first-order valence-corrected chi connectivity index (χ1v) is 10.3. The molecule has 3 aromatic heterocycles. The smallest absolute Gasteiger partial charge is 0.418 e. The Labute approximate surface area is 195 Å². The monoisotopic (exact) mass is 491 g/mol. The zero-order valence-corrected chi connectivity index (χ0v) is 18.9. The van der Waals surface area contributed by atoms with E-state index >= 15 is 0 Å². The largest absolute Gasteiger partial charge is 0.438 e. The van der Waals surface area contributed by atoms with Crippen molar-refractivity contribution in [1.82, 2.24) is 15.1 Å². The molecule has 182 valence electrons. The Bertz CT molecular complexity index is 1510. The standard InChI is InChI=1S/C24H18F5N3O3/c1-10-7-19(35-32-10)21-13(4)31-16(8-17(21)33)20-11(2)14(24(27,28)29)9-30-23(20)34-18-6-5-15(25)22(26)12(18)3/h5-9H,1-4H3,(H,31,33). The Morgan fingerprint density at radius 2 is 1.71 bits per heavy atom. The number of ether oxygens (including phenoxy) is 1. The number of H-pyrrole nitrogens is 1. The minimum atomic E-state index is -4.74. The van der Waals surface area contributed by atoms with Crippen LogP contribution in [0, 0.1) is 39.3 Å². The SMILES string of the molecule is Cc1cc(-c2c(C)[nH]c(-c3c(Oc4ccc(F)c(F)c4C)ncc(C(F)(F)F)c3C)cc2=O)on1. The summed E-state index contributed by atoms with van der Waals surface area (Å²) in [6.07, 6.45) is -4.16. The maximum absolute atomic E-state index is 14.0. The maximum Gasteiger partial charge on any atom is 0.418 e. The van der Waals surface area contributed by atoms with Crippen molar-refractivity contribution < 1.29 is 31.2 Å². The first-order valence-electron chi connectivity index (χ1n) is 10.3. The number of nitrogens with one attached hydrogen (secondary N) is 1. The molecule has 0 saturated heterocycles. The van der Waals surface area contributed by atoms with E-state index in [9.17, 15) is 26.7 Å². The number of aromatic nitrogens is 3. The first-order chi connectivity index (χ1) is 16.4. The molecule has 0 spiro atoms. The number of rotatable bonds is 4. The summed E-state index contributed by atoms with van der Waals surface area (Å²) in [5.41, 5.74) is -1.24. The van der Waals surface area contributed by atoms with E-state index in [-0.39, 0.29) is 45.3 Å². The van der Waals surface area contributed by atoms with Gasteiger partial charge in [0, 0.05) is 29.6 Å². The number of benzene rings is 1. The van der Waals surface area contributed by atoms with E-state index in [0.29, 0.717) is 17.6 Å². The topological polar surface area (TPSA) is 81.0 Å². The zero-order chi connectivity index (χ0) is 25.7. The first kappa shape index (κ1) is 24.1. The Morgan fingerprint density at radius 1 is 1.00 bits per heavy atom. The third-order valence-electron chi connectivity index (χ3n) is 5.47. The minimum Gasteiger partial charge on any atom is -0.438 e. The molecule has 0 saturated carbocycles. The van der Waals surface area contributed by atoms with Gasteiger partial charge in [0.2, 0.25) is 5.88 Å². The van der Waals surface area contributed by atoms with Gasteiger partial charge in [-0.15, -0.1) is 0 Å². The van der Waals surface area contributed by atoms with E-state index in [0.717, 1.165) is 18.2 Å². The molecule has 0 fully saturated rings. The van der Waals surface area contributed by atoms with Gasteiger partial charge >= 0.3 is 6.18 Å². The van der Waals surface area contributed by atoms with Crippen LogP contribution < -0.4 is 10.2 Å². The van der Waals surface area contributed by atoms with E-state index in [1.54, 1.807) is 19.9 Å². The fourth-order valence-electron chi connectivity index (χ4n) is 3.72. The van der Waals surface area contributed by atoms with Crippen LogP contribution in [-0.2, 0) is 6.18 Å². The van der Waals surface area contributed by atoms with Crippen molar-refractivity contribution in [2.24, 2.45) is 0 Å². The molecule has 0 bridgehead atoms. The maximum atomic E-state index is 14.0. The number of aromatic amines is 1. The second-order valence-electron chi connectivity index (χ2n) is 7.94. The van der Waals surface area contributed by atoms with Crippen LogP contribution in [0.4, 0.5) is 22.0 Å². The van der Waals surface area contributed by atoms with E-state index in [2.05, 4.69) is 15.1 Å². The van der Waals surface area contributed by atoms with Gasteiger partial charge in [0.15, 0.2) is 22.8 Å². The number of alkyl halides is 3. The lowest BCUT2D eigenvalue weighted by molar-refractivity contribution is -0.138. The van der Waals surface area contributed by atoms with Gasteiger partial charge in [-0.25, -0.2) is 13.8 Å². The number of nitrogens with zero attached hydrogens (tertiary/aromatic N) is 2. The molecule has 0 aliphatic rings. The molecule has 0 unspecified atom stereocenters. The lowest BCUT2D eigenvalue weighted by Crippen LogP contribution is -2.13. The van der Waals surface area contributed by atoms with Gasteiger partial charge in [-0.05, 0) is 45.4 Å². The average molecular weight is 491 g/mol. The molecule has 11 heteroatoms. The third-order valence-corrected chi connectivity index (χ3v) is 5.47. The zero-order valence-electron chi connectivity index (χ0n) is 18.9. The van der Waals surface area contributed by atoms with Crippen LogP contribution in [0.5, 0.6) is 11.6 Å². The van der Waals surface area contributed by atoms with E-state index in [1.807, 2.05) is 0 Å². The van der Waals surface area contributed by atoms with Crippen LogP contribution in [0.3, 0.4) is 0 Å². The van der Waals surface area contributed by atoms with Crippen LogP contribution >= 0.6 is 0 Å². The Morgan fingerprint density at radius 3 is 2.31 bits per heavy atom. The van der Waals surface area contributed by atoms with Gasteiger partial charge in [0.1, 0.15) is 5.75 Å². The second-order valence-corrected chi connectivity index (χ2v) is 7.94. The molecule has 3 heterocycles. The number of halogens is 5. The highest BCUT2D eigenvalue weighted by molar-refractivity contribution is 5.73. The molecule has 0 aliphatic carbocycles. The molecule has 6 nitrogen and oxygen atoms in total. The van der Waals surface area contributed by atoms with Gasteiger partial charge in [-0.1, -0.05) is 5.16 Å². The Kier molecular flexibility index (Phi) is 5.95. The molecule has 0 aliphatic heterocycles. The summed E-state index contributed by atoms with van der Waals surface area (Å²) < 4.78 is 79.3. The van der Waals surface area contributed by atoms with Crippen molar-refractivity contribution in [3.8, 4) is 34.2 Å². The molecule has 4 aromatic rings. The molecular formula is C24H18F5N3O3. The summed E-state index contributed by atoms with van der Waals surface area (Å²) in [5.74, 6) is -2.55. The minimum absolute atomic E-state index is 0.0150. The quantitative estimate of drug-likeness (QED) is 0.334. The summed E-state index contributed by atoms with van der Waals surface area (Å²) in [7, 11) is 0. The molecule has 0 radical (unpaired) electrons. The summed E-state index contributed by atoms with van der Waals surface area (Å²) in [5, 5.41) is 3.75. The lowest BCUT2D eigenvalue weighted by atomic mass is 10.00. The summed E-state index contributed by atoms with van der Waals surface area (Å²) in [4.78, 5) is 19.7. The van der Waals surface area contributed by atoms with Crippen molar-refractivity contribution in [2.75, 3.05) is 0 Å². The van der Waals surface area contributed by atoms with Crippen LogP contribution in [0.1, 0.15) is 28.1 Å². The molecule has 0 amide bonds. The van der Waals surface area contributed by atoms with E-state index < -0.39 is 28.8 Å². The van der Waals surface area contributed by atoms with Crippen LogP contribution in [0.25, 0.3) is 22.6 Å². The molecule has 1 N–H and O–H groups in total. The summed E-state index contributed by atoms with van der Waals surface area (Å²) >= 11 is 0. The van der Waals surface area contributed by atoms with Crippen LogP contribution in [-0.4, -0.2) is 15.1 Å². The van der Waals surface area contributed by atoms with Crippen molar-refractivity contribution >= 4 is 0 Å². The summed E-state index contributed by atoms with van der Waals surface area (Å²) in [6, 6.07) is 4.61. The molecule has 1 aromatic carbocycles. The Balaban J connectivity index is 1.93. The number of hydrogen-bond donors (Lipinski definition) is 1. The fraction of sp³-hybridized carbons (Fsp3) is 0.208. The normalized spacial score (nSPS) is 11.7. The lowest BCUT2D eigenvalue weighted by Gasteiger charge is -2.18.